The molecule has 0 saturated carbocycles. The van der Waals surface area contributed by atoms with E-state index in [0.717, 1.165) is 16.0 Å². The summed E-state index contributed by atoms with van der Waals surface area (Å²) >= 11 is 0. The Balaban J connectivity index is 1.33. The number of anilines is 1. The molecule has 0 N–H and O–H groups in total. The highest BCUT2D eigenvalue weighted by atomic mass is 16.5. The number of carbonyl (C=O) groups excluding carboxylic acids is 3. The summed E-state index contributed by atoms with van der Waals surface area (Å²) < 4.78 is 5.78. The molecule has 0 atom stereocenters. The lowest BCUT2D eigenvalue weighted by atomic mass is 10.0. The minimum atomic E-state index is -0.408. The lowest BCUT2D eigenvalue weighted by molar-refractivity contribution is 0.0922. The summed E-state index contributed by atoms with van der Waals surface area (Å²) in [4.78, 5) is 39.5. The second-order valence-corrected chi connectivity index (χ2v) is 7.61. The summed E-state index contributed by atoms with van der Waals surface area (Å²) in [6.07, 6.45) is 0. The molecule has 5 rings (SSSR count). The van der Waals surface area contributed by atoms with E-state index in [1.165, 1.54) is 0 Å². The molecule has 4 aromatic rings. The minimum absolute atomic E-state index is 0.202. The van der Waals surface area contributed by atoms with Gasteiger partial charge in [-0.3, -0.25) is 14.4 Å². The van der Waals surface area contributed by atoms with Crippen molar-refractivity contribution >= 4 is 23.3 Å². The summed E-state index contributed by atoms with van der Waals surface area (Å²) in [6, 6.07) is 30.7. The molecule has 4 aromatic carbocycles. The SMILES string of the molecule is O=C(COc1ccccc1N1C(=O)c2ccccc2C1=O)c1ccc(-c2ccccc2)cc1. The molecule has 0 aromatic heterocycles. The van der Waals surface area contributed by atoms with E-state index >= 15 is 0 Å². The molecule has 0 unspecified atom stereocenters. The zero-order valence-electron chi connectivity index (χ0n) is 17.6. The highest BCUT2D eigenvalue weighted by molar-refractivity contribution is 6.34. The number of fused-ring (bicyclic) bond motifs is 1. The molecule has 0 saturated heterocycles. The number of para-hydroxylation sites is 2. The highest BCUT2D eigenvalue weighted by Gasteiger charge is 2.37. The van der Waals surface area contributed by atoms with Gasteiger partial charge in [0.15, 0.2) is 12.4 Å². The molecule has 0 radical (unpaired) electrons. The van der Waals surface area contributed by atoms with Gasteiger partial charge in [-0.1, -0.05) is 78.9 Å². The van der Waals surface area contributed by atoms with Gasteiger partial charge in [-0.05, 0) is 35.4 Å². The maximum absolute atomic E-state index is 12.9. The number of imide groups is 1. The first-order valence-electron chi connectivity index (χ1n) is 10.5. The van der Waals surface area contributed by atoms with E-state index in [2.05, 4.69) is 0 Å². The van der Waals surface area contributed by atoms with E-state index < -0.39 is 11.8 Å². The van der Waals surface area contributed by atoms with Gasteiger partial charge in [0.05, 0.1) is 16.8 Å². The van der Waals surface area contributed by atoms with Crippen molar-refractivity contribution < 1.29 is 19.1 Å². The van der Waals surface area contributed by atoms with Crippen LogP contribution in [0, 0.1) is 0 Å². The Morgan fingerprint density at radius 1 is 0.636 bits per heavy atom. The average Bonchev–Trinajstić information content (AvgIpc) is 3.13. The fourth-order valence-electron chi connectivity index (χ4n) is 3.88. The van der Waals surface area contributed by atoms with Crippen molar-refractivity contribution in [2.24, 2.45) is 0 Å². The molecule has 5 nitrogen and oxygen atoms in total. The molecular weight excluding hydrogens is 414 g/mol. The van der Waals surface area contributed by atoms with Gasteiger partial charge in [0.25, 0.3) is 11.8 Å². The number of ether oxygens (including phenoxy) is 1. The van der Waals surface area contributed by atoms with Crippen LogP contribution in [0.15, 0.2) is 103 Å². The zero-order valence-corrected chi connectivity index (χ0v) is 17.6. The summed E-state index contributed by atoms with van der Waals surface area (Å²) in [5, 5.41) is 0. The predicted octanol–water partition coefficient (Wildman–Crippen LogP) is 5.42. The molecule has 33 heavy (non-hydrogen) atoms. The van der Waals surface area contributed by atoms with Crippen molar-refractivity contribution in [3.05, 3.63) is 120 Å². The zero-order chi connectivity index (χ0) is 22.8. The molecule has 1 aliphatic rings. The van der Waals surface area contributed by atoms with Crippen LogP contribution in [-0.2, 0) is 0 Å². The Labute approximate surface area is 190 Å². The van der Waals surface area contributed by atoms with Gasteiger partial charge in [0, 0.05) is 5.56 Å². The summed E-state index contributed by atoms with van der Waals surface area (Å²) in [5.41, 5.74) is 3.63. The fourth-order valence-corrected chi connectivity index (χ4v) is 3.88. The van der Waals surface area contributed by atoms with Gasteiger partial charge in [-0.15, -0.1) is 0 Å². The van der Waals surface area contributed by atoms with Gasteiger partial charge >= 0.3 is 0 Å². The van der Waals surface area contributed by atoms with Gasteiger partial charge < -0.3 is 4.74 Å². The topological polar surface area (TPSA) is 63.7 Å². The number of hydrogen-bond donors (Lipinski definition) is 0. The van der Waals surface area contributed by atoms with Crippen LogP contribution in [0.5, 0.6) is 5.75 Å². The summed E-state index contributed by atoms with van der Waals surface area (Å²) in [6.45, 7) is -0.217. The van der Waals surface area contributed by atoms with Gasteiger partial charge in [-0.2, -0.15) is 0 Å². The van der Waals surface area contributed by atoms with Crippen molar-refractivity contribution in [2.45, 2.75) is 0 Å². The van der Waals surface area contributed by atoms with Crippen LogP contribution in [0.4, 0.5) is 5.69 Å². The van der Waals surface area contributed by atoms with Crippen LogP contribution in [0.1, 0.15) is 31.1 Å². The first kappa shape index (κ1) is 20.4. The van der Waals surface area contributed by atoms with Crippen LogP contribution < -0.4 is 9.64 Å². The lowest BCUT2D eigenvalue weighted by Gasteiger charge is -2.18. The van der Waals surface area contributed by atoms with Gasteiger partial charge in [-0.25, -0.2) is 4.90 Å². The van der Waals surface area contributed by atoms with Crippen LogP contribution >= 0.6 is 0 Å². The Kier molecular flexibility index (Phi) is 5.29. The smallest absolute Gasteiger partial charge is 0.266 e. The molecule has 1 heterocycles. The van der Waals surface area contributed by atoms with Crippen molar-refractivity contribution in [2.75, 3.05) is 11.5 Å². The maximum Gasteiger partial charge on any atom is 0.266 e. The molecule has 0 bridgehead atoms. The Bertz CT molecular complexity index is 1330. The third kappa shape index (κ3) is 3.81. The van der Waals surface area contributed by atoms with Gasteiger partial charge in [0.1, 0.15) is 5.75 Å². The number of nitrogens with zero attached hydrogens (tertiary/aromatic N) is 1. The van der Waals surface area contributed by atoms with Crippen molar-refractivity contribution in [1.29, 1.82) is 0 Å². The number of amides is 2. The van der Waals surface area contributed by atoms with E-state index in [4.69, 9.17) is 4.74 Å². The number of hydrogen-bond acceptors (Lipinski definition) is 4. The van der Waals surface area contributed by atoms with E-state index in [1.807, 2.05) is 42.5 Å². The molecule has 5 heteroatoms. The fraction of sp³-hybridized carbons (Fsp3) is 0.0357. The standard InChI is InChI=1S/C28H19NO4/c30-25(21-16-14-20(15-17-21)19-8-2-1-3-9-19)18-33-26-13-7-6-12-24(26)29-27(31)22-10-4-5-11-23(22)28(29)32/h1-17H,18H2. The average molecular weight is 433 g/mol. The molecule has 1 aliphatic heterocycles. The van der Waals surface area contributed by atoms with Crippen LogP contribution in [0.25, 0.3) is 11.1 Å². The third-order valence-corrected chi connectivity index (χ3v) is 5.57. The van der Waals surface area contributed by atoms with Crippen molar-refractivity contribution in [3.63, 3.8) is 0 Å². The minimum Gasteiger partial charge on any atom is -0.483 e. The number of benzene rings is 4. The van der Waals surface area contributed by atoms with E-state index in [9.17, 15) is 14.4 Å². The normalized spacial score (nSPS) is 12.5. The first-order chi connectivity index (χ1) is 16.1. The molecule has 0 fully saturated rings. The summed E-state index contributed by atoms with van der Waals surface area (Å²) in [7, 11) is 0. The largest absolute Gasteiger partial charge is 0.483 e. The molecule has 0 spiro atoms. The van der Waals surface area contributed by atoms with Crippen LogP contribution in [-0.4, -0.2) is 24.2 Å². The number of ketones is 1. The number of Topliss-reactive ketones (excluding diaryl/α,β-unsaturated/α-hetero) is 1. The quantitative estimate of drug-likeness (QED) is 0.301. The predicted molar refractivity (Wildman–Crippen MR) is 126 cm³/mol. The van der Waals surface area contributed by atoms with Crippen molar-refractivity contribution in [3.8, 4) is 16.9 Å². The van der Waals surface area contributed by atoms with E-state index in [-0.39, 0.29) is 12.4 Å². The van der Waals surface area contributed by atoms with Gasteiger partial charge in [0.2, 0.25) is 0 Å². The Morgan fingerprint density at radius 2 is 1.18 bits per heavy atom. The van der Waals surface area contributed by atoms with E-state index in [0.29, 0.717) is 28.1 Å². The Hall–Kier alpha value is -4.51. The first-order valence-corrected chi connectivity index (χ1v) is 10.5. The van der Waals surface area contributed by atoms with Crippen LogP contribution in [0.3, 0.4) is 0 Å². The second kappa shape index (κ2) is 8.55. The second-order valence-electron chi connectivity index (χ2n) is 7.61. The third-order valence-electron chi connectivity index (χ3n) is 5.57. The number of carbonyl (C=O) groups is 3. The molecule has 160 valence electrons. The molecular formula is C28H19NO4. The highest BCUT2D eigenvalue weighted by Crippen LogP contribution is 2.34. The lowest BCUT2D eigenvalue weighted by Crippen LogP contribution is -2.30. The Morgan fingerprint density at radius 3 is 1.85 bits per heavy atom. The maximum atomic E-state index is 12.9. The van der Waals surface area contributed by atoms with Crippen molar-refractivity contribution in [1.82, 2.24) is 0 Å². The van der Waals surface area contributed by atoms with E-state index in [1.54, 1.807) is 60.7 Å². The summed E-state index contributed by atoms with van der Waals surface area (Å²) in [5.74, 6) is -0.725. The monoisotopic (exact) mass is 433 g/mol. The van der Waals surface area contributed by atoms with Crippen LogP contribution in [0.2, 0.25) is 0 Å². The molecule has 0 aliphatic carbocycles. The molecule has 2 amide bonds. The number of rotatable bonds is 6.